The lowest BCUT2D eigenvalue weighted by atomic mass is 10.2. The van der Waals surface area contributed by atoms with Crippen molar-refractivity contribution in [2.75, 3.05) is 5.75 Å². The van der Waals surface area contributed by atoms with Crippen molar-refractivity contribution >= 4 is 17.5 Å². The molecule has 0 saturated carbocycles. The molecule has 1 nitrogen and oxygen atoms in total. The van der Waals surface area contributed by atoms with E-state index in [4.69, 9.17) is 0 Å². The van der Waals surface area contributed by atoms with Crippen molar-refractivity contribution in [3.05, 3.63) is 42.0 Å². The molecule has 0 aliphatic heterocycles. The van der Waals surface area contributed by atoms with Crippen LogP contribution in [0.25, 0.3) is 0 Å². The molecule has 0 aromatic heterocycles. The Morgan fingerprint density at radius 3 is 2.79 bits per heavy atom. The fourth-order valence-electron chi connectivity index (χ4n) is 0.977. The third-order valence-corrected chi connectivity index (χ3v) is 2.83. The van der Waals surface area contributed by atoms with Gasteiger partial charge in [0.05, 0.1) is 5.75 Å². The van der Waals surface area contributed by atoms with E-state index in [9.17, 15) is 4.79 Å². The van der Waals surface area contributed by atoms with Crippen LogP contribution in [0.3, 0.4) is 0 Å². The molecular weight excluding hydrogens is 192 g/mol. The molecule has 0 amide bonds. The van der Waals surface area contributed by atoms with E-state index >= 15 is 0 Å². The average molecular weight is 206 g/mol. The van der Waals surface area contributed by atoms with Crippen molar-refractivity contribution < 1.29 is 4.79 Å². The number of carbonyl (C=O) groups excluding carboxylic acids is 1. The minimum absolute atomic E-state index is 0.122. The van der Waals surface area contributed by atoms with Gasteiger partial charge in [-0.1, -0.05) is 24.3 Å². The van der Waals surface area contributed by atoms with E-state index < -0.39 is 0 Å². The molecule has 1 aromatic rings. The van der Waals surface area contributed by atoms with Gasteiger partial charge in [0.25, 0.3) is 0 Å². The number of rotatable bonds is 4. The lowest BCUT2D eigenvalue weighted by Crippen LogP contribution is -2.01. The molecule has 14 heavy (non-hydrogen) atoms. The van der Waals surface area contributed by atoms with Crippen LogP contribution in [-0.4, -0.2) is 11.5 Å². The van der Waals surface area contributed by atoms with E-state index in [1.807, 2.05) is 25.1 Å². The fourth-order valence-corrected chi connectivity index (χ4v) is 1.97. The van der Waals surface area contributed by atoms with Gasteiger partial charge >= 0.3 is 0 Å². The van der Waals surface area contributed by atoms with Crippen LogP contribution in [0, 0.1) is 6.92 Å². The van der Waals surface area contributed by atoms with Gasteiger partial charge in [-0.15, -0.1) is 11.8 Å². The zero-order valence-corrected chi connectivity index (χ0v) is 9.36. The van der Waals surface area contributed by atoms with Gasteiger partial charge in [-0.2, -0.15) is 0 Å². The molecule has 1 rings (SSSR count). The first-order valence-electron chi connectivity index (χ1n) is 4.48. The van der Waals surface area contributed by atoms with E-state index in [2.05, 4.69) is 12.6 Å². The number of Topliss-reactive ketones (excluding diaryl/α,β-unsaturated/α-hetero) is 1. The third-order valence-electron chi connectivity index (χ3n) is 1.84. The lowest BCUT2D eigenvalue weighted by Gasteiger charge is -2.01. The Hall–Kier alpha value is -1.02. The predicted molar refractivity (Wildman–Crippen MR) is 61.7 cm³/mol. The van der Waals surface area contributed by atoms with E-state index in [0.717, 1.165) is 4.90 Å². The maximum atomic E-state index is 11.3. The summed E-state index contributed by atoms with van der Waals surface area (Å²) in [4.78, 5) is 12.4. The highest BCUT2D eigenvalue weighted by atomic mass is 32.2. The first kappa shape index (κ1) is 11.1. The molecule has 1 aromatic carbocycles. The quantitative estimate of drug-likeness (QED) is 0.555. The van der Waals surface area contributed by atoms with Crippen molar-refractivity contribution in [3.63, 3.8) is 0 Å². The van der Waals surface area contributed by atoms with Crippen LogP contribution in [-0.2, 0) is 4.79 Å². The summed E-state index contributed by atoms with van der Waals surface area (Å²) in [6, 6.07) is 8.15. The van der Waals surface area contributed by atoms with Crippen LogP contribution >= 0.6 is 11.8 Å². The number of allylic oxidation sites excluding steroid dienone is 1. The number of thioether (sulfide) groups is 1. The number of hydrogen-bond donors (Lipinski definition) is 0. The van der Waals surface area contributed by atoms with Gasteiger partial charge in [0.1, 0.15) is 0 Å². The van der Waals surface area contributed by atoms with Crippen molar-refractivity contribution in [1.82, 2.24) is 0 Å². The Kier molecular flexibility index (Phi) is 3.96. The van der Waals surface area contributed by atoms with Crippen LogP contribution in [0.5, 0.6) is 0 Å². The second kappa shape index (κ2) is 5.01. The van der Waals surface area contributed by atoms with Crippen LogP contribution in [0.1, 0.15) is 12.5 Å². The Morgan fingerprint density at radius 1 is 1.50 bits per heavy atom. The highest BCUT2D eigenvalue weighted by Crippen LogP contribution is 2.19. The molecule has 0 spiro atoms. The smallest absolute Gasteiger partial charge is 0.168 e. The molecule has 0 N–H and O–H groups in total. The number of benzene rings is 1. The van der Waals surface area contributed by atoms with Crippen LogP contribution in [0.4, 0.5) is 0 Å². The predicted octanol–water partition coefficient (Wildman–Crippen LogP) is 3.23. The minimum Gasteiger partial charge on any atom is -0.294 e. The Balaban J connectivity index is 2.54. The molecule has 0 unspecified atom stereocenters. The van der Waals surface area contributed by atoms with Crippen molar-refractivity contribution in [2.45, 2.75) is 18.7 Å². The monoisotopic (exact) mass is 206 g/mol. The van der Waals surface area contributed by atoms with E-state index in [1.54, 1.807) is 18.7 Å². The zero-order valence-electron chi connectivity index (χ0n) is 8.54. The Labute approximate surface area is 89.2 Å². The van der Waals surface area contributed by atoms with Crippen LogP contribution < -0.4 is 0 Å². The van der Waals surface area contributed by atoms with Crippen LogP contribution in [0.15, 0.2) is 41.3 Å². The molecule has 2 heteroatoms. The summed E-state index contributed by atoms with van der Waals surface area (Å²) in [5.74, 6) is 0.607. The molecule has 0 atom stereocenters. The van der Waals surface area contributed by atoms with Gasteiger partial charge in [-0.25, -0.2) is 0 Å². The summed E-state index contributed by atoms with van der Waals surface area (Å²) in [6.45, 7) is 7.42. The summed E-state index contributed by atoms with van der Waals surface area (Å²) in [7, 11) is 0. The molecule has 0 radical (unpaired) electrons. The normalized spacial score (nSPS) is 9.86. The van der Waals surface area contributed by atoms with E-state index in [0.29, 0.717) is 11.3 Å². The number of aryl methyl sites for hydroxylation is 1. The van der Waals surface area contributed by atoms with Crippen molar-refractivity contribution in [3.8, 4) is 0 Å². The topological polar surface area (TPSA) is 17.1 Å². The highest BCUT2D eigenvalue weighted by Gasteiger charge is 2.03. The fraction of sp³-hybridized carbons (Fsp3) is 0.250. The molecule has 0 bridgehead atoms. The Bertz CT molecular complexity index is 355. The largest absolute Gasteiger partial charge is 0.294 e. The Morgan fingerprint density at radius 2 is 2.21 bits per heavy atom. The van der Waals surface area contributed by atoms with Crippen LogP contribution in [0.2, 0.25) is 0 Å². The second-order valence-corrected chi connectivity index (χ2v) is 4.36. The maximum Gasteiger partial charge on any atom is 0.168 e. The molecule has 0 saturated heterocycles. The summed E-state index contributed by atoms with van der Waals surface area (Å²) in [5, 5.41) is 0. The SMILES string of the molecule is C=C(C)C(=O)CSc1cccc(C)c1. The summed E-state index contributed by atoms with van der Waals surface area (Å²) in [6.07, 6.45) is 0. The summed E-state index contributed by atoms with van der Waals surface area (Å²) >= 11 is 1.56. The molecular formula is C12H14OS. The first-order chi connectivity index (χ1) is 6.59. The summed E-state index contributed by atoms with van der Waals surface area (Å²) in [5.41, 5.74) is 1.85. The molecule has 0 heterocycles. The number of carbonyl (C=O) groups is 1. The minimum atomic E-state index is 0.122. The molecule has 74 valence electrons. The average Bonchev–Trinajstić information content (AvgIpc) is 2.14. The van der Waals surface area contributed by atoms with Gasteiger partial charge in [0, 0.05) is 4.90 Å². The van der Waals surface area contributed by atoms with Crippen molar-refractivity contribution in [2.24, 2.45) is 0 Å². The van der Waals surface area contributed by atoms with Gasteiger partial charge in [0.15, 0.2) is 5.78 Å². The summed E-state index contributed by atoms with van der Waals surface area (Å²) < 4.78 is 0. The van der Waals surface area contributed by atoms with E-state index in [-0.39, 0.29) is 5.78 Å². The molecule has 0 fully saturated rings. The standard InChI is InChI=1S/C12H14OS/c1-9(2)12(13)8-14-11-6-4-5-10(3)7-11/h4-7H,1,8H2,2-3H3. The van der Waals surface area contributed by atoms with E-state index in [1.165, 1.54) is 5.56 Å². The van der Waals surface area contributed by atoms with Crippen molar-refractivity contribution in [1.29, 1.82) is 0 Å². The molecule has 0 aliphatic carbocycles. The van der Waals surface area contributed by atoms with Gasteiger partial charge in [-0.05, 0) is 31.6 Å². The number of hydrogen-bond acceptors (Lipinski definition) is 2. The van der Waals surface area contributed by atoms with Gasteiger partial charge in [-0.3, -0.25) is 4.79 Å². The van der Waals surface area contributed by atoms with Gasteiger partial charge in [0.2, 0.25) is 0 Å². The maximum absolute atomic E-state index is 11.3. The lowest BCUT2D eigenvalue weighted by molar-refractivity contribution is -0.113. The first-order valence-corrected chi connectivity index (χ1v) is 5.46. The third kappa shape index (κ3) is 3.38. The zero-order chi connectivity index (χ0) is 10.6. The number of ketones is 1. The molecule has 0 aliphatic rings. The van der Waals surface area contributed by atoms with Gasteiger partial charge < -0.3 is 0 Å². The highest BCUT2D eigenvalue weighted by molar-refractivity contribution is 8.00. The second-order valence-electron chi connectivity index (χ2n) is 3.31.